The fraction of sp³-hybridized carbons (Fsp3) is 0.414. The summed E-state index contributed by atoms with van der Waals surface area (Å²) in [5.74, 6) is 3.01. The Labute approximate surface area is 248 Å². The highest BCUT2D eigenvalue weighted by molar-refractivity contribution is 9.10. The number of nitrogens with zero attached hydrogens (tertiary/aromatic N) is 3. The Morgan fingerprint density at radius 1 is 1.15 bits per heavy atom. The number of allylic oxidation sites excluding steroid dienone is 1. The lowest BCUT2D eigenvalue weighted by molar-refractivity contribution is -0.113. The number of methoxy groups -OCH3 is 1. The van der Waals surface area contributed by atoms with Crippen LogP contribution in [0.2, 0.25) is 0 Å². The van der Waals surface area contributed by atoms with E-state index in [2.05, 4.69) is 33.5 Å². The van der Waals surface area contributed by atoms with E-state index in [0.717, 1.165) is 35.1 Å². The number of nitrogens with one attached hydrogen (secondary N) is 2. The van der Waals surface area contributed by atoms with Gasteiger partial charge in [-0.25, -0.2) is 4.68 Å². The molecule has 40 heavy (non-hydrogen) atoms. The topological polar surface area (TPSA) is 99.5 Å². The van der Waals surface area contributed by atoms with Crippen LogP contribution in [0, 0.1) is 0 Å². The fourth-order valence-corrected chi connectivity index (χ4v) is 5.87. The van der Waals surface area contributed by atoms with Gasteiger partial charge >= 0.3 is 0 Å². The second-order valence-corrected chi connectivity index (χ2v) is 11.1. The molecule has 0 aliphatic carbocycles. The minimum Gasteiger partial charge on any atom is -0.493 e. The molecular weight excluding hydrogens is 594 g/mol. The van der Waals surface area contributed by atoms with Gasteiger partial charge in [-0.05, 0) is 72.4 Å². The van der Waals surface area contributed by atoms with Gasteiger partial charge < -0.3 is 24.8 Å². The summed E-state index contributed by atoms with van der Waals surface area (Å²) in [7, 11) is 1.61. The van der Waals surface area contributed by atoms with Crippen LogP contribution in [0.15, 0.2) is 57.3 Å². The Bertz CT molecular complexity index is 1380. The number of para-hydroxylation sites is 2. The molecule has 0 radical (unpaired) electrons. The molecule has 0 fully saturated rings. The van der Waals surface area contributed by atoms with Crippen molar-refractivity contribution in [1.29, 1.82) is 0 Å². The molecule has 1 amide bonds. The number of halogens is 1. The number of hydrogen-bond acceptors (Lipinski definition) is 8. The van der Waals surface area contributed by atoms with Crippen molar-refractivity contribution in [2.75, 3.05) is 36.7 Å². The molecule has 0 spiro atoms. The average molecular weight is 631 g/mol. The number of carbonyl (C=O) groups excluding carboxylic acids is 1. The predicted molar refractivity (Wildman–Crippen MR) is 163 cm³/mol. The highest BCUT2D eigenvalue weighted by Gasteiger charge is 2.35. The Morgan fingerprint density at radius 2 is 1.95 bits per heavy atom. The van der Waals surface area contributed by atoms with Crippen molar-refractivity contribution in [3.8, 4) is 17.2 Å². The smallest absolute Gasteiger partial charge is 0.255 e. The monoisotopic (exact) mass is 629 g/mol. The highest BCUT2D eigenvalue weighted by Crippen LogP contribution is 2.43. The first kappa shape index (κ1) is 29.8. The van der Waals surface area contributed by atoms with Crippen molar-refractivity contribution in [3.63, 3.8) is 0 Å². The Balaban J connectivity index is 1.80. The van der Waals surface area contributed by atoms with Gasteiger partial charge in [-0.1, -0.05) is 44.2 Å². The summed E-state index contributed by atoms with van der Waals surface area (Å²) in [6.07, 6.45) is 3.02. The summed E-state index contributed by atoms with van der Waals surface area (Å²) in [6, 6.07) is 10.7. The first-order valence-electron chi connectivity index (χ1n) is 13.5. The van der Waals surface area contributed by atoms with Crippen LogP contribution in [0.25, 0.3) is 0 Å². The van der Waals surface area contributed by atoms with E-state index in [1.807, 2.05) is 57.2 Å². The molecule has 4 rings (SSSR count). The lowest BCUT2D eigenvalue weighted by Gasteiger charge is -2.29. The molecule has 214 valence electrons. The van der Waals surface area contributed by atoms with E-state index in [0.29, 0.717) is 58.5 Å². The molecular formula is C29H36BrN5O4S. The van der Waals surface area contributed by atoms with Crippen LogP contribution in [0.5, 0.6) is 17.2 Å². The van der Waals surface area contributed by atoms with Gasteiger partial charge in [0, 0.05) is 11.4 Å². The number of carbonyl (C=O) groups is 1. The number of unbranched alkanes of at least 4 members (excludes halogenated alkanes) is 1. The van der Waals surface area contributed by atoms with Crippen molar-refractivity contribution >= 4 is 45.2 Å². The van der Waals surface area contributed by atoms with Crippen molar-refractivity contribution < 1.29 is 19.0 Å². The molecule has 0 bridgehead atoms. The molecule has 2 heterocycles. The third-order valence-electron chi connectivity index (χ3n) is 6.26. The summed E-state index contributed by atoms with van der Waals surface area (Å²) in [4.78, 5) is 18.7. The van der Waals surface area contributed by atoms with E-state index in [-0.39, 0.29) is 5.91 Å². The molecule has 0 saturated carbocycles. The maximum atomic E-state index is 14.0. The Hall–Kier alpha value is -3.18. The van der Waals surface area contributed by atoms with Gasteiger partial charge in [0.15, 0.2) is 11.5 Å². The second-order valence-electron chi connectivity index (χ2n) is 9.20. The highest BCUT2D eigenvalue weighted by atomic mass is 79.9. The standard InChI is InChI=1S/C29H36BrN5O4S/c1-6-9-15-40-29-33-28-31-18(4)24(27(36)32-21-12-10-11-13-22(21)38-8-3)25(35(28)34-29)19-16-20(30)26(39-14-7-2)23(17-19)37-5/h10-13,16-17,25H,6-9,14-15H2,1-5H3,(H,32,36)(H,31,33,34). The zero-order chi connectivity index (χ0) is 28.6. The van der Waals surface area contributed by atoms with Crippen LogP contribution in [0.1, 0.15) is 58.6 Å². The normalized spacial score (nSPS) is 14.4. The van der Waals surface area contributed by atoms with Crippen LogP contribution in [0.3, 0.4) is 0 Å². The number of fused-ring (bicyclic) bond motifs is 1. The third kappa shape index (κ3) is 6.58. The average Bonchev–Trinajstić information content (AvgIpc) is 3.34. The number of aromatic nitrogens is 3. The van der Waals surface area contributed by atoms with Gasteiger partial charge in [0.05, 0.1) is 36.1 Å². The number of anilines is 2. The van der Waals surface area contributed by atoms with Crippen molar-refractivity contribution in [2.24, 2.45) is 0 Å². The third-order valence-corrected chi connectivity index (χ3v) is 7.77. The van der Waals surface area contributed by atoms with Gasteiger partial charge in [-0.15, -0.1) is 5.10 Å². The second kappa shape index (κ2) is 13.9. The molecule has 9 nitrogen and oxygen atoms in total. The predicted octanol–water partition coefficient (Wildman–Crippen LogP) is 7.06. The quantitative estimate of drug-likeness (QED) is 0.153. The molecule has 1 aliphatic heterocycles. The largest absolute Gasteiger partial charge is 0.493 e. The molecule has 1 aliphatic rings. The molecule has 3 aromatic rings. The number of hydrogen-bond donors (Lipinski definition) is 2. The zero-order valence-electron chi connectivity index (χ0n) is 23.5. The summed E-state index contributed by atoms with van der Waals surface area (Å²) in [5, 5.41) is 11.9. The Morgan fingerprint density at radius 3 is 2.67 bits per heavy atom. The van der Waals surface area contributed by atoms with Crippen molar-refractivity contribution in [3.05, 3.63) is 57.7 Å². The number of thioether (sulfide) groups is 1. The number of ether oxygens (including phenoxy) is 3. The Kier molecular flexibility index (Phi) is 10.4. The summed E-state index contributed by atoms with van der Waals surface area (Å²) in [5.41, 5.74) is 2.58. The SMILES string of the molecule is CCCCSc1nc2n(n1)C(c1cc(Br)c(OCCC)c(OC)c1)C(C(=O)Nc1ccccc1OCC)=C(C)N2. The van der Waals surface area contributed by atoms with E-state index in [4.69, 9.17) is 24.3 Å². The number of benzene rings is 2. The molecule has 2 aromatic carbocycles. The summed E-state index contributed by atoms with van der Waals surface area (Å²) >= 11 is 5.28. The van der Waals surface area contributed by atoms with E-state index >= 15 is 0 Å². The van der Waals surface area contributed by atoms with E-state index in [9.17, 15) is 4.79 Å². The minimum atomic E-state index is -0.575. The lowest BCUT2D eigenvalue weighted by atomic mass is 9.94. The van der Waals surface area contributed by atoms with Gasteiger partial charge in [-0.2, -0.15) is 4.98 Å². The van der Waals surface area contributed by atoms with E-state index in [1.165, 1.54) is 0 Å². The molecule has 1 unspecified atom stereocenters. The maximum Gasteiger partial charge on any atom is 0.255 e. The molecule has 1 atom stereocenters. The van der Waals surface area contributed by atoms with Crippen LogP contribution < -0.4 is 24.8 Å². The van der Waals surface area contributed by atoms with Crippen LogP contribution in [0.4, 0.5) is 11.6 Å². The molecule has 11 heteroatoms. The molecule has 2 N–H and O–H groups in total. The summed E-state index contributed by atoms with van der Waals surface area (Å²) in [6.45, 7) is 9.04. The fourth-order valence-electron chi connectivity index (χ4n) is 4.39. The number of amides is 1. The van der Waals surface area contributed by atoms with E-state index < -0.39 is 6.04 Å². The lowest BCUT2D eigenvalue weighted by Crippen LogP contribution is -2.31. The van der Waals surface area contributed by atoms with Crippen molar-refractivity contribution in [1.82, 2.24) is 14.8 Å². The van der Waals surface area contributed by atoms with Crippen molar-refractivity contribution in [2.45, 2.75) is 58.2 Å². The number of rotatable bonds is 13. The first-order chi connectivity index (χ1) is 19.4. The minimum absolute atomic E-state index is 0.273. The van der Waals surface area contributed by atoms with Gasteiger partial charge in [-0.3, -0.25) is 4.79 Å². The first-order valence-corrected chi connectivity index (χ1v) is 15.3. The summed E-state index contributed by atoms with van der Waals surface area (Å²) < 4.78 is 19.9. The van der Waals surface area contributed by atoms with Gasteiger partial charge in [0.2, 0.25) is 11.1 Å². The molecule has 1 aromatic heterocycles. The molecule has 0 saturated heterocycles. The van der Waals surface area contributed by atoms with Crippen LogP contribution in [-0.2, 0) is 4.79 Å². The maximum absolute atomic E-state index is 14.0. The van der Waals surface area contributed by atoms with Crippen LogP contribution >= 0.6 is 27.7 Å². The van der Waals surface area contributed by atoms with Gasteiger partial charge in [0.25, 0.3) is 5.91 Å². The van der Waals surface area contributed by atoms with Gasteiger partial charge in [0.1, 0.15) is 11.8 Å². The zero-order valence-corrected chi connectivity index (χ0v) is 25.9. The van der Waals surface area contributed by atoms with E-state index in [1.54, 1.807) is 23.6 Å². The van der Waals surface area contributed by atoms with Crippen LogP contribution in [-0.4, -0.2) is 46.7 Å².